The third kappa shape index (κ3) is 4.39. The first-order valence-electron chi connectivity index (χ1n) is 8.94. The Kier molecular flexibility index (Phi) is 6.58. The van der Waals surface area contributed by atoms with E-state index in [1.165, 1.54) is 11.3 Å². The van der Waals surface area contributed by atoms with Crippen LogP contribution in [0.25, 0.3) is 10.2 Å². The van der Waals surface area contributed by atoms with Crippen molar-refractivity contribution in [2.45, 2.75) is 72.5 Å². The standard InChI is InChI=1S/C18H27N3O3S/c1-5-7-8-9-20-17-14(10-13(6-2)25-17)16(23)21(18(20)24)11-15(22)19-12(3)4/h10,12H,5-9,11H2,1-4H3,(H,19,22). The number of unbranched alkanes of at least 4 members (excludes halogenated alkanes) is 2. The molecule has 0 aliphatic carbocycles. The topological polar surface area (TPSA) is 73.1 Å². The second-order valence-corrected chi connectivity index (χ2v) is 7.66. The maximum Gasteiger partial charge on any atom is 0.332 e. The minimum Gasteiger partial charge on any atom is -0.352 e. The molecule has 1 N–H and O–H groups in total. The highest BCUT2D eigenvalue weighted by molar-refractivity contribution is 7.18. The second-order valence-electron chi connectivity index (χ2n) is 6.54. The molecule has 0 radical (unpaired) electrons. The lowest BCUT2D eigenvalue weighted by Gasteiger charge is -2.13. The number of thiophene rings is 1. The molecule has 0 saturated heterocycles. The van der Waals surface area contributed by atoms with Gasteiger partial charge in [-0.25, -0.2) is 4.79 Å². The fourth-order valence-corrected chi connectivity index (χ4v) is 3.90. The van der Waals surface area contributed by atoms with Crippen LogP contribution in [0.15, 0.2) is 15.7 Å². The third-order valence-electron chi connectivity index (χ3n) is 4.03. The van der Waals surface area contributed by atoms with Gasteiger partial charge < -0.3 is 5.32 Å². The van der Waals surface area contributed by atoms with Crippen LogP contribution in [-0.2, 0) is 24.3 Å². The van der Waals surface area contributed by atoms with Gasteiger partial charge in [-0.15, -0.1) is 11.3 Å². The summed E-state index contributed by atoms with van der Waals surface area (Å²) in [5.41, 5.74) is -0.765. The summed E-state index contributed by atoms with van der Waals surface area (Å²) < 4.78 is 2.73. The molecule has 0 bridgehead atoms. The van der Waals surface area contributed by atoms with Crippen molar-refractivity contribution in [1.29, 1.82) is 0 Å². The summed E-state index contributed by atoms with van der Waals surface area (Å²) in [5, 5.41) is 3.27. The molecule has 2 rings (SSSR count). The summed E-state index contributed by atoms with van der Waals surface area (Å²) in [6, 6.07) is 1.82. The van der Waals surface area contributed by atoms with E-state index in [4.69, 9.17) is 0 Å². The first-order valence-corrected chi connectivity index (χ1v) is 9.76. The van der Waals surface area contributed by atoms with Crippen LogP contribution in [0.4, 0.5) is 0 Å². The highest BCUT2D eigenvalue weighted by atomic mass is 32.1. The molecule has 1 amide bonds. The maximum atomic E-state index is 12.9. The number of hydrogen-bond acceptors (Lipinski definition) is 4. The highest BCUT2D eigenvalue weighted by Crippen LogP contribution is 2.23. The minimum absolute atomic E-state index is 0.0356. The molecule has 0 unspecified atom stereocenters. The van der Waals surface area contributed by atoms with E-state index in [1.54, 1.807) is 4.57 Å². The number of carbonyl (C=O) groups excluding carboxylic acids is 1. The van der Waals surface area contributed by atoms with Gasteiger partial charge in [0.05, 0.1) is 5.39 Å². The van der Waals surface area contributed by atoms with E-state index >= 15 is 0 Å². The van der Waals surface area contributed by atoms with Gasteiger partial charge in [0.25, 0.3) is 5.56 Å². The van der Waals surface area contributed by atoms with Gasteiger partial charge >= 0.3 is 5.69 Å². The van der Waals surface area contributed by atoms with E-state index in [-0.39, 0.29) is 24.1 Å². The molecule has 6 nitrogen and oxygen atoms in total. The van der Waals surface area contributed by atoms with Crippen LogP contribution >= 0.6 is 11.3 Å². The Labute approximate surface area is 151 Å². The van der Waals surface area contributed by atoms with Crippen LogP contribution in [-0.4, -0.2) is 21.1 Å². The average Bonchev–Trinajstić information content (AvgIpc) is 2.98. The Morgan fingerprint density at radius 1 is 1.20 bits per heavy atom. The highest BCUT2D eigenvalue weighted by Gasteiger charge is 2.18. The van der Waals surface area contributed by atoms with Gasteiger partial charge in [-0.2, -0.15) is 0 Å². The number of hydrogen-bond donors (Lipinski definition) is 1. The zero-order valence-electron chi connectivity index (χ0n) is 15.4. The summed E-state index contributed by atoms with van der Waals surface area (Å²) >= 11 is 1.50. The largest absolute Gasteiger partial charge is 0.352 e. The Hall–Kier alpha value is -1.89. The number of amides is 1. The monoisotopic (exact) mass is 365 g/mol. The van der Waals surface area contributed by atoms with Crippen molar-refractivity contribution in [3.05, 3.63) is 31.8 Å². The Morgan fingerprint density at radius 2 is 1.92 bits per heavy atom. The predicted molar refractivity (Wildman–Crippen MR) is 103 cm³/mol. The lowest BCUT2D eigenvalue weighted by molar-refractivity contribution is -0.122. The number of nitrogens with zero attached hydrogens (tertiary/aromatic N) is 2. The molecule has 7 heteroatoms. The molecule has 0 atom stereocenters. The SMILES string of the molecule is CCCCCn1c(=O)n(CC(=O)NC(C)C)c(=O)c2cc(CC)sc21. The van der Waals surface area contributed by atoms with Crippen LogP contribution in [0.2, 0.25) is 0 Å². The molecule has 0 saturated carbocycles. The quantitative estimate of drug-likeness (QED) is 0.731. The molecule has 0 fully saturated rings. The number of carbonyl (C=O) groups is 1. The maximum absolute atomic E-state index is 12.9. The first kappa shape index (κ1) is 19.4. The van der Waals surface area contributed by atoms with E-state index in [9.17, 15) is 14.4 Å². The van der Waals surface area contributed by atoms with Crippen molar-refractivity contribution in [3.8, 4) is 0 Å². The van der Waals surface area contributed by atoms with Gasteiger partial charge in [0.1, 0.15) is 11.4 Å². The van der Waals surface area contributed by atoms with Gasteiger partial charge in [0.2, 0.25) is 5.91 Å². The molecular weight excluding hydrogens is 338 g/mol. The van der Waals surface area contributed by atoms with E-state index < -0.39 is 5.69 Å². The number of aromatic nitrogens is 2. The molecule has 2 aromatic rings. The molecule has 25 heavy (non-hydrogen) atoms. The van der Waals surface area contributed by atoms with Crippen molar-refractivity contribution in [2.75, 3.05) is 0 Å². The minimum atomic E-state index is -0.392. The van der Waals surface area contributed by atoms with Gasteiger partial charge in [-0.3, -0.25) is 18.7 Å². The number of rotatable bonds is 8. The number of nitrogens with one attached hydrogen (secondary N) is 1. The predicted octanol–water partition coefficient (Wildman–Crippen LogP) is 2.50. The van der Waals surface area contributed by atoms with Crippen LogP contribution in [0, 0.1) is 0 Å². The summed E-state index contributed by atoms with van der Waals surface area (Å²) in [4.78, 5) is 39.5. The fraction of sp³-hybridized carbons (Fsp3) is 0.611. The summed E-state index contributed by atoms with van der Waals surface area (Å²) in [5.74, 6) is -0.320. The Bertz CT molecular complexity index is 861. The van der Waals surface area contributed by atoms with E-state index in [2.05, 4.69) is 12.2 Å². The number of fused-ring (bicyclic) bond motifs is 1. The summed E-state index contributed by atoms with van der Waals surface area (Å²) in [7, 11) is 0. The van der Waals surface area contributed by atoms with Crippen molar-refractivity contribution in [3.63, 3.8) is 0 Å². The van der Waals surface area contributed by atoms with E-state index in [0.29, 0.717) is 11.9 Å². The van der Waals surface area contributed by atoms with Crippen molar-refractivity contribution >= 4 is 27.5 Å². The van der Waals surface area contributed by atoms with Crippen LogP contribution < -0.4 is 16.6 Å². The van der Waals surface area contributed by atoms with Crippen LogP contribution in [0.1, 0.15) is 51.8 Å². The van der Waals surface area contributed by atoms with Gasteiger partial charge in [0, 0.05) is 17.5 Å². The molecule has 0 spiro atoms. The van der Waals surface area contributed by atoms with Crippen LogP contribution in [0.3, 0.4) is 0 Å². The number of aryl methyl sites for hydroxylation is 2. The zero-order valence-corrected chi connectivity index (χ0v) is 16.2. The lowest BCUT2D eigenvalue weighted by Crippen LogP contribution is -2.44. The Morgan fingerprint density at radius 3 is 2.52 bits per heavy atom. The third-order valence-corrected chi connectivity index (χ3v) is 5.33. The molecule has 0 aliphatic rings. The first-order chi connectivity index (χ1) is 11.9. The van der Waals surface area contributed by atoms with E-state index in [0.717, 1.165) is 40.0 Å². The molecule has 0 aliphatic heterocycles. The smallest absolute Gasteiger partial charge is 0.332 e. The lowest BCUT2D eigenvalue weighted by atomic mass is 10.2. The zero-order chi connectivity index (χ0) is 18.6. The molecule has 2 aromatic heterocycles. The van der Waals surface area contributed by atoms with Crippen molar-refractivity contribution < 1.29 is 4.79 Å². The second kappa shape index (κ2) is 8.47. The molecule has 0 aromatic carbocycles. The fourth-order valence-electron chi connectivity index (χ4n) is 2.79. The summed E-state index contributed by atoms with van der Waals surface area (Å²) in [6.07, 6.45) is 3.77. The average molecular weight is 365 g/mol. The van der Waals surface area contributed by atoms with Crippen molar-refractivity contribution in [2.24, 2.45) is 0 Å². The van der Waals surface area contributed by atoms with Gasteiger partial charge in [-0.1, -0.05) is 26.7 Å². The Balaban J connectivity index is 2.55. The normalized spacial score (nSPS) is 11.4. The molecule has 138 valence electrons. The summed E-state index contributed by atoms with van der Waals surface area (Å²) in [6.45, 7) is 8.16. The van der Waals surface area contributed by atoms with E-state index in [1.807, 2.05) is 26.8 Å². The van der Waals surface area contributed by atoms with Gasteiger partial charge in [0.15, 0.2) is 0 Å². The van der Waals surface area contributed by atoms with Crippen molar-refractivity contribution in [1.82, 2.24) is 14.5 Å². The van der Waals surface area contributed by atoms with Gasteiger partial charge in [-0.05, 0) is 32.8 Å². The van der Waals surface area contributed by atoms with Crippen LogP contribution in [0.5, 0.6) is 0 Å². The molecular formula is C18H27N3O3S. The molecule has 2 heterocycles.